The van der Waals surface area contributed by atoms with Crippen LogP contribution in [0.2, 0.25) is 0 Å². The van der Waals surface area contributed by atoms with Gasteiger partial charge in [-0.3, -0.25) is 4.79 Å². The molecule has 1 fully saturated rings. The summed E-state index contributed by atoms with van der Waals surface area (Å²) in [6.45, 7) is 1.62. The molecule has 0 radical (unpaired) electrons. The third kappa shape index (κ3) is 2.28. The molecule has 3 nitrogen and oxygen atoms in total. The SMILES string of the molecule is CN(c1ccc(C=O)c(Br)c1)C1CCOC1. The molecule has 1 aliphatic heterocycles. The van der Waals surface area contributed by atoms with E-state index in [0.29, 0.717) is 11.6 Å². The van der Waals surface area contributed by atoms with Gasteiger partial charge in [-0.05, 0) is 40.5 Å². The van der Waals surface area contributed by atoms with Crippen LogP contribution in [-0.2, 0) is 4.74 Å². The second-order valence-electron chi connectivity index (χ2n) is 3.95. The molecule has 2 rings (SSSR count). The highest BCUT2D eigenvalue weighted by Gasteiger charge is 2.20. The Bertz CT molecular complexity index is 389. The summed E-state index contributed by atoms with van der Waals surface area (Å²) in [7, 11) is 2.06. The minimum Gasteiger partial charge on any atom is -0.379 e. The zero-order valence-electron chi connectivity index (χ0n) is 9.15. The lowest BCUT2D eigenvalue weighted by atomic mass is 10.1. The van der Waals surface area contributed by atoms with Crippen LogP contribution < -0.4 is 4.90 Å². The number of carbonyl (C=O) groups is 1. The van der Waals surface area contributed by atoms with Crippen LogP contribution in [0.15, 0.2) is 22.7 Å². The van der Waals surface area contributed by atoms with Crippen LogP contribution in [0.1, 0.15) is 16.8 Å². The molecule has 1 aromatic rings. The first-order valence-electron chi connectivity index (χ1n) is 5.27. The van der Waals surface area contributed by atoms with Gasteiger partial charge in [0.05, 0.1) is 12.6 Å². The van der Waals surface area contributed by atoms with E-state index in [9.17, 15) is 4.79 Å². The monoisotopic (exact) mass is 283 g/mol. The predicted octanol–water partition coefficient (Wildman–Crippen LogP) is 2.49. The van der Waals surface area contributed by atoms with Crippen LogP contribution >= 0.6 is 15.9 Å². The number of nitrogens with zero attached hydrogens (tertiary/aromatic N) is 1. The lowest BCUT2D eigenvalue weighted by Crippen LogP contribution is -2.31. The van der Waals surface area contributed by atoms with Gasteiger partial charge in [0.1, 0.15) is 0 Å². The van der Waals surface area contributed by atoms with Gasteiger partial charge in [-0.1, -0.05) is 0 Å². The van der Waals surface area contributed by atoms with Gasteiger partial charge in [-0.25, -0.2) is 0 Å². The Kier molecular flexibility index (Phi) is 3.61. The highest BCUT2D eigenvalue weighted by Crippen LogP contribution is 2.25. The van der Waals surface area contributed by atoms with Crippen molar-refractivity contribution < 1.29 is 9.53 Å². The average Bonchev–Trinajstić information content (AvgIpc) is 2.81. The van der Waals surface area contributed by atoms with Gasteiger partial charge in [0.15, 0.2) is 6.29 Å². The zero-order chi connectivity index (χ0) is 11.5. The third-order valence-corrected chi connectivity index (χ3v) is 3.66. The molecular formula is C12H14BrNO2. The van der Waals surface area contributed by atoms with Crippen LogP contribution in [0, 0.1) is 0 Å². The molecule has 1 atom stereocenters. The highest BCUT2D eigenvalue weighted by atomic mass is 79.9. The van der Waals surface area contributed by atoms with Crippen LogP contribution in [0.3, 0.4) is 0 Å². The summed E-state index contributed by atoms with van der Waals surface area (Å²) in [4.78, 5) is 12.9. The van der Waals surface area contributed by atoms with Gasteiger partial charge in [0.2, 0.25) is 0 Å². The van der Waals surface area contributed by atoms with Crippen molar-refractivity contribution in [1.29, 1.82) is 0 Å². The van der Waals surface area contributed by atoms with Crippen molar-refractivity contribution in [3.63, 3.8) is 0 Å². The molecule has 86 valence electrons. The molecule has 4 heteroatoms. The Balaban J connectivity index is 2.19. The summed E-state index contributed by atoms with van der Waals surface area (Å²) in [6.07, 6.45) is 1.91. The fraction of sp³-hybridized carbons (Fsp3) is 0.417. The predicted molar refractivity (Wildman–Crippen MR) is 67.2 cm³/mol. The Labute approximate surface area is 104 Å². The number of benzene rings is 1. The molecule has 16 heavy (non-hydrogen) atoms. The number of carbonyl (C=O) groups excluding carboxylic acids is 1. The summed E-state index contributed by atoms with van der Waals surface area (Å²) in [5, 5.41) is 0. The van der Waals surface area contributed by atoms with Crippen molar-refractivity contribution in [1.82, 2.24) is 0 Å². The number of hydrogen-bond donors (Lipinski definition) is 0. The maximum absolute atomic E-state index is 10.7. The Morgan fingerprint density at radius 2 is 2.38 bits per heavy atom. The van der Waals surface area contributed by atoms with Crippen LogP contribution in [0.5, 0.6) is 0 Å². The molecule has 0 N–H and O–H groups in total. The van der Waals surface area contributed by atoms with E-state index in [-0.39, 0.29) is 0 Å². The fourth-order valence-corrected chi connectivity index (χ4v) is 2.33. The Morgan fingerprint density at radius 3 is 2.94 bits per heavy atom. The van der Waals surface area contributed by atoms with Crippen molar-refractivity contribution in [3.05, 3.63) is 28.2 Å². The van der Waals surface area contributed by atoms with Gasteiger partial charge < -0.3 is 9.64 Å². The van der Waals surface area contributed by atoms with E-state index >= 15 is 0 Å². The Hall–Kier alpha value is -0.870. The number of aldehydes is 1. The molecule has 1 aromatic carbocycles. The molecular weight excluding hydrogens is 270 g/mol. The van der Waals surface area contributed by atoms with Crippen molar-refractivity contribution in [3.8, 4) is 0 Å². The first-order chi connectivity index (χ1) is 7.72. The van der Waals surface area contributed by atoms with Crippen molar-refractivity contribution in [2.75, 3.05) is 25.2 Å². The van der Waals surface area contributed by atoms with Crippen LogP contribution in [0.25, 0.3) is 0 Å². The average molecular weight is 284 g/mol. The second kappa shape index (κ2) is 4.97. The first kappa shape index (κ1) is 11.6. The summed E-state index contributed by atoms with van der Waals surface area (Å²) in [5.41, 5.74) is 1.78. The molecule has 1 unspecified atom stereocenters. The summed E-state index contributed by atoms with van der Waals surface area (Å²) >= 11 is 3.40. The molecule has 1 saturated heterocycles. The lowest BCUT2D eigenvalue weighted by Gasteiger charge is -2.25. The first-order valence-corrected chi connectivity index (χ1v) is 6.07. The topological polar surface area (TPSA) is 29.5 Å². The summed E-state index contributed by atoms with van der Waals surface area (Å²) in [6, 6.07) is 6.21. The van der Waals surface area contributed by atoms with Crippen molar-refractivity contribution in [2.24, 2.45) is 0 Å². The minimum absolute atomic E-state index is 0.439. The molecule has 0 aromatic heterocycles. The van der Waals surface area contributed by atoms with E-state index in [4.69, 9.17) is 4.74 Å². The molecule has 0 aliphatic carbocycles. The van der Waals surface area contributed by atoms with Gasteiger partial charge >= 0.3 is 0 Å². The van der Waals surface area contributed by atoms with E-state index in [1.54, 1.807) is 0 Å². The van der Waals surface area contributed by atoms with E-state index in [0.717, 1.165) is 36.1 Å². The van der Waals surface area contributed by atoms with E-state index in [1.165, 1.54) is 0 Å². The second-order valence-corrected chi connectivity index (χ2v) is 4.81. The molecule has 0 bridgehead atoms. The number of anilines is 1. The van der Waals surface area contributed by atoms with Crippen molar-refractivity contribution >= 4 is 27.9 Å². The fourth-order valence-electron chi connectivity index (χ4n) is 1.87. The maximum atomic E-state index is 10.7. The molecule has 0 amide bonds. The van der Waals surface area contributed by atoms with Gasteiger partial charge in [0.25, 0.3) is 0 Å². The number of halogens is 1. The number of likely N-dealkylation sites (N-methyl/N-ethyl adjacent to an activating group) is 1. The number of hydrogen-bond acceptors (Lipinski definition) is 3. The zero-order valence-corrected chi connectivity index (χ0v) is 10.7. The van der Waals surface area contributed by atoms with Crippen LogP contribution in [-0.4, -0.2) is 32.6 Å². The normalized spacial score (nSPS) is 19.8. The Morgan fingerprint density at radius 1 is 1.56 bits per heavy atom. The third-order valence-electron chi connectivity index (χ3n) is 2.97. The van der Waals surface area contributed by atoms with Gasteiger partial charge in [0, 0.05) is 29.4 Å². The van der Waals surface area contributed by atoms with Crippen molar-refractivity contribution in [2.45, 2.75) is 12.5 Å². The summed E-state index contributed by atoms with van der Waals surface area (Å²) < 4.78 is 6.20. The quantitative estimate of drug-likeness (QED) is 0.799. The van der Waals surface area contributed by atoms with E-state index in [2.05, 4.69) is 27.9 Å². The van der Waals surface area contributed by atoms with Gasteiger partial charge in [-0.15, -0.1) is 0 Å². The highest BCUT2D eigenvalue weighted by molar-refractivity contribution is 9.10. The van der Waals surface area contributed by atoms with Gasteiger partial charge in [-0.2, -0.15) is 0 Å². The maximum Gasteiger partial charge on any atom is 0.151 e. The number of rotatable bonds is 3. The lowest BCUT2D eigenvalue weighted by molar-refractivity contribution is 0.112. The minimum atomic E-state index is 0.439. The van der Waals surface area contributed by atoms with Crippen LogP contribution in [0.4, 0.5) is 5.69 Å². The number of ether oxygens (including phenoxy) is 1. The van der Waals surface area contributed by atoms with E-state index < -0.39 is 0 Å². The molecule has 0 spiro atoms. The molecule has 1 heterocycles. The summed E-state index contributed by atoms with van der Waals surface area (Å²) in [5.74, 6) is 0. The largest absolute Gasteiger partial charge is 0.379 e. The standard InChI is InChI=1S/C12H14BrNO2/c1-14(11-4-5-16-8-11)10-3-2-9(7-15)12(13)6-10/h2-3,6-7,11H,4-5,8H2,1H3. The smallest absolute Gasteiger partial charge is 0.151 e. The molecule has 0 saturated carbocycles. The molecule has 1 aliphatic rings. The van der Waals surface area contributed by atoms with E-state index in [1.807, 2.05) is 18.2 Å².